The van der Waals surface area contributed by atoms with E-state index in [-0.39, 0.29) is 24.7 Å². The molecule has 1 aromatic carbocycles. The minimum Gasteiger partial charge on any atom is -0.487 e. The van der Waals surface area contributed by atoms with Crippen LogP contribution < -0.4 is 14.9 Å². The van der Waals surface area contributed by atoms with Gasteiger partial charge in [0.2, 0.25) is 5.88 Å². The van der Waals surface area contributed by atoms with E-state index in [9.17, 15) is 10.1 Å². The molecule has 0 atom stereocenters. The molecular formula is C21H20I2N4O4. The zero-order chi connectivity index (χ0) is 22.8. The van der Waals surface area contributed by atoms with E-state index in [4.69, 9.17) is 14.2 Å². The number of ether oxygens (including phenoxy) is 3. The SMILES string of the molecule is C=CCOc1c(I)cc(/C=N\NC(=O)COc2nc(C)cc(COC)c2C#N)cc1I. The van der Waals surface area contributed by atoms with Crippen LogP contribution in [-0.4, -0.2) is 37.4 Å². The number of hydrogen-bond acceptors (Lipinski definition) is 7. The number of nitrogens with one attached hydrogen (secondary N) is 1. The van der Waals surface area contributed by atoms with Crippen molar-refractivity contribution >= 4 is 57.3 Å². The van der Waals surface area contributed by atoms with Crippen molar-refractivity contribution in [2.45, 2.75) is 13.5 Å². The molecule has 0 aliphatic heterocycles. The standard InChI is InChI=1S/C21H20I2N4O4/c1-4-5-30-20-17(22)7-14(8-18(20)23)10-25-27-19(28)12-31-21-16(9-24)15(11-29-3)6-13(2)26-21/h4,6-8,10H,1,5,11-12H2,2-3H3,(H,27,28)/b25-10-. The Hall–Kier alpha value is -2.24. The van der Waals surface area contributed by atoms with Gasteiger partial charge < -0.3 is 14.2 Å². The van der Waals surface area contributed by atoms with Crippen molar-refractivity contribution in [1.29, 1.82) is 5.26 Å². The highest BCUT2D eigenvalue weighted by atomic mass is 127. The number of aromatic nitrogens is 1. The third-order valence-corrected chi connectivity index (χ3v) is 5.32. The van der Waals surface area contributed by atoms with Gasteiger partial charge in [-0.2, -0.15) is 10.4 Å². The van der Waals surface area contributed by atoms with Gasteiger partial charge in [0.25, 0.3) is 5.91 Å². The minimum atomic E-state index is -0.480. The summed E-state index contributed by atoms with van der Waals surface area (Å²) in [4.78, 5) is 16.3. The number of halogens is 2. The summed E-state index contributed by atoms with van der Waals surface area (Å²) in [5.74, 6) is 0.391. The molecule has 1 heterocycles. The molecule has 0 bridgehead atoms. The Morgan fingerprint density at radius 1 is 1.32 bits per heavy atom. The second-order valence-electron chi connectivity index (χ2n) is 6.14. The predicted molar refractivity (Wildman–Crippen MR) is 133 cm³/mol. The van der Waals surface area contributed by atoms with Crippen LogP contribution in [0.15, 0.2) is 36.0 Å². The number of pyridine rings is 1. The molecule has 0 aliphatic carbocycles. The van der Waals surface area contributed by atoms with Crippen molar-refractivity contribution in [3.63, 3.8) is 0 Å². The first-order valence-electron chi connectivity index (χ1n) is 8.96. The van der Waals surface area contributed by atoms with E-state index in [1.165, 1.54) is 13.3 Å². The van der Waals surface area contributed by atoms with Crippen LogP contribution in [0.1, 0.15) is 22.4 Å². The molecule has 8 nitrogen and oxygen atoms in total. The van der Waals surface area contributed by atoms with E-state index < -0.39 is 5.91 Å². The third-order valence-electron chi connectivity index (χ3n) is 3.72. The van der Waals surface area contributed by atoms with Crippen molar-refractivity contribution in [3.05, 3.63) is 60.4 Å². The second-order valence-corrected chi connectivity index (χ2v) is 8.47. The Bertz CT molecular complexity index is 1010. The topological polar surface area (TPSA) is 106 Å². The van der Waals surface area contributed by atoms with Gasteiger partial charge in [-0.05, 0) is 75.9 Å². The maximum absolute atomic E-state index is 12.1. The molecule has 1 N–H and O–H groups in total. The highest BCUT2D eigenvalue weighted by molar-refractivity contribution is 14.1. The predicted octanol–water partition coefficient (Wildman–Crippen LogP) is 3.71. The third kappa shape index (κ3) is 7.44. The number of carbonyl (C=O) groups excluding carboxylic acids is 1. The summed E-state index contributed by atoms with van der Waals surface area (Å²) >= 11 is 4.36. The van der Waals surface area contributed by atoms with Crippen LogP contribution >= 0.6 is 45.2 Å². The van der Waals surface area contributed by atoms with E-state index in [2.05, 4.69) is 67.3 Å². The Morgan fingerprint density at radius 3 is 2.65 bits per heavy atom. The first-order valence-corrected chi connectivity index (χ1v) is 11.1. The lowest BCUT2D eigenvalue weighted by molar-refractivity contribution is -0.123. The average Bonchev–Trinajstić information content (AvgIpc) is 2.72. The highest BCUT2D eigenvalue weighted by Crippen LogP contribution is 2.28. The Morgan fingerprint density at radius 2 is 2.03 bits per heavy atom. The normalized spacial score (nSPS) is 10.5. The fourth-order valence-corrected chi connectivity index (χ4v) is 4.61. The van der Waals surface area contributed by atoms with Crippen molar-refractivity contribution in [3.8, 4) is 17.7 Å². The molecule has 10 heteroatoms. The van der Waals surface area contributed by atoms with Crippen LogP contribution in [0.5, 0.6) is 11.6 Å². The van der Waals surface area contributed by atoms with Crippen LogP contribution in [0, 0.1) is 25.4 Å². The maximum Gasteiger partial charge on any atom is 0.278 e. The van der Waals surface area contributed by atoms with Crippen LogP contribution in [0.3, 0.4) is 0 Å². The van der Waals surface area contributed by atoms with E-state index in [1.54, 1.807) is 19.1 Å². The Balaban J connectivity index is 2.00. The maximum atomic E-state index is 12.1. The molecule has 1 aromatic heterocycles. The number of hydrogen-bond donors (Lipinski definition) is 1. The van der Waals surface area contributed by atoms with E-state index in [1.807, 2.05) is 18.2 Å². The smallest absolute Gasteiger partial charge is 0.278 e. The Kier molecular flexibility index (Phi) is 10.2. The van der Waals surface area contributed by atoms with Crippen LogP contribution in [0.4, 0.5) is 0 Å². The molecule has 1 amide bonds. The molecule has 0 unspecified atom stereocenters. The lowest BCUT2D eigenvalue weighted by Gasteiger charge is -2.11. The van der Waals surface area contributed by atoms with Gasteiger partial charge in [-0.3, -0.25) is 4.79 Å². The van der Waals surface area contributed by atoms with E-state index in [0.717, 1.165) is 18.5 Å². The first-order chi connectivity index (χ1) is 14.9. The number of methoxy groups -OCH3 is 1. The summed E-state index contributed by atoms with van der Waals surface area (Å²) in [7, 11) is 1.53. The lowest BCUT2D eigenvalue weighted by Crippen LogP contribution is -2.25. The fourth-order valence-electron chi connectivity index (χ4n) is 2.48. The number of amides is 1. The molecule has 0 aliphatic rings. The van der Waals surface area contributed by atoms with Gasteiger partial charge in [0.05, 0.1) is 20.0 Å². The van der Waals surface area contributed by atoms with Crippen molar-refractivity contribution in [1.82, 2.24) is 10.4 Å². The molecular weight excluding hydrogens is 626 g/mol. The van der Waals surface area contributed by atoms with Gasteiger partial charge in [0.1, 0.15) is 24.0 Å². The van der Waals surface area contributed by atoms with Crippen molar-refractivity contribution in [2.24, 2.45) is 5.10 Å². The number of carbonyl (C=O) groups is 1. The van der Waals surface area contributed by atoms with Gasteiger partial charge in [-0.25, -0.2) is 10.4 Å². The molecule has 0 spiro atoms. The van der Waals surface area contributed by atoms with Gasteiger partial charge >= 0.3 is 0 Å². The highest BCUT2D eigenvalue weighted by Gasteiger charge is 2.14. The second kappa shape index (κ2) is 12.6. The van der Waals surface area contributed by atoms with Crippen molar-refractivity contribution < 1.29 is 19.0 Å². The monoisotopic (exact) mass is 646 g/mol. The average molecular weight is 646 g/mol. The van der Waals surface area contributed by atoms with Crippen LogP contribution in [-0.2, 0) is 16.1 Å². The van der Waals surface area contributed by atoms with Gasteiger partial charge in [-0.1, -0.05) is 12.7 Å². The van der Waals surface area contributed by atoms with Crippen LogP contribution in [0.2, 0.25) is 0 Å². The lowest BCUT2D eigenvalue weighted by atomic mass is 10.1. The van der Waals surface area contributed by atoms with Gasteiger partial charge in [-0.15, -0.1) is 0 Å². The largest absolute Gasteiger partial charge is 0.487 e. The summed E-state index contributed by atoms with van der Waals surface area (Å²) in [5, 5.41) is 13.4. The summed E-state index contributed by atoms with van der Waals surface area (Å²) in [5.41, 5.74) is 4.75. The quantitative estimate of drug-likeness (QED) is 0.183. The Labute approximate surface area is 208 Å². The van der Waals surface area contributed by atoms with Gasteiger partial charge in [0.15, 0.2) is 6.61 Å². The first kappa shape index (κ1) is 25.0. The number of nitrogens with zero attached hydrogens (tertiary/aromatic N) is 3. The summed E-state index contributed by atoms with van der Waals surface area (Å²) in [6, 6.07) is 7.57. The minimum absolute atomic E-state index is 0.0906. The molecule has 31 heavy (non-hydrogen) atoms. The summed E-state index contributed by atoms with van der Waals surface area (Å²) in [6.45, 7) is 5.75. The number of benzene rings is 1. The molecule has 162 valence electrons. The molecule has 2 rings (SSSR count). The van der Waals surface area contributed by atoms with Gasteiger partial charge in [0, 0.05) is 18.4 Å². The fraction of sp³-hybridized carbons (Fsp3) is 0.238. The summed E-state index contributed by atoms with van der Waals surface area (Å²) < 4.78 is 18.0. The zero-order valence-corrected chi connectivity index (χ0v) is 21.3. The molecule has 0 radical (unpaired) electrons. The number of aryl methyl sites for hydroxylation is 1. The van der Waals surface area contributed by atoms with Crippen LogP contribution in [0.25, 0.3) is 0 Å². The van der Waals surface area contributed by atoms with Crippen molar-refractivity contribution in [2.75, 3.05) is 20.3 Å². The zero-order valence-electron chi connectivity index (χ0n) is 16.9. The molecule has 0 saturated heterocycles. The molecule has 2 aromatic rings. The number of hydrazone groups is 1. The molecule has 0 fully saturated rings. The van der Waals surface area contributed by atoms with E-state index in [0.29, 0.717) is 17.9 Å². The van der Waals surface area contributed by atoms with E-state index >= 15 is 0 Å². The number of rotatable bonds is 10. The number of nitriles is 1. The summed E-state index contributed by atoms with van der Waals surface area (Å²) in [6.07, 6.45) is 3.21. The molecule has 0 saturated carbocycles.